The molecule has 2 N–H and O–H groups in total. The van der Waals surface area contributed by atoms with E-state index in [0.29, 0.717) is 18.5 Å². The van der Waals surface area contributed by atoms with Crippen LogP contribution in [0.4, 0.5) is 0 Å². The fraction of sp³-hybridized carbons (Fsp3) is 0.565. The number of aliphatic carboxylic acids is 1. The molecule has 0 saturated carbocycles. The van der Waals surface area contributed by atoms with Gasteiger partial charge in [-0.1, -0.05) is 44.2 Å². The minimum absolute atomic E-state index is 0.122. The molecular weight excluding hydrogens is 384 g/mol. The van der Waals surface area contributed by atoms with Crippen molar-refractivity contribution in [2.45, 2.75) is 83.2 Å². The van der Waals surface area contributed by atoms with Crippen molar-refractivity contribution in [3.63, 3.8) is 0 Å². The van der Waals surface area contributed by atoms with E-state index in [2.05, 4.69) is 11.4 Å². The van der Waals surface area contributed by atoms with Gasteiger partial charge in [-0.3, -0.25) is 24.5 Å². The number of nitrogens with zero attached hydrogens (tertiary/aromatic N) is 1. The maximum absolute atomic E-state index is 12.8. The zero-order chi connectivity index (χ0) is 21.5. The standard InChI is InChI=1S/C23H30N2O5/c26-20-14-13-19(22(29)24-20)25-15-18-16(10-8-11-17(18)23(25)30)9-6-4-2-1-3-5-7-12-21(27)28/h8,10-11,19H,1-7,9,12-15H2,(H,27,28)(H,24,26,29). The van der Waals surface area contributed by atoms with E-state index in [-0.39, 0.29) is 30.6 Å². The van der Waals surface area contributed by atoms with Crippen LogP contribution >= 0.6 is 0 Å². The Kier molecular flexibility index (Phi) is 7.60. The minimum Gasteiger partial charge on any atom is -0.481 e. The molecule has 7 nitrogen and oxygen atoms in total. The smallest absolute Gasteiger partial charge is 0.303 e. The van der Waals surface area contributed by atoms with Crippen molar-refractivity contribution in [3.8, 4) is 0 Å². The Labute approximate surface area is 176 Å². The molecule has 2 aliphatic rings. The average Bonchev–Trinajstić information content (AvgIpc) is 3.04. The summed E-state index contributed by atoms with van der Waals surface area (Å²) < 4.78 is 0. The highest BCUT2D eigenvalue weighted by Crippen LogP contribution is 2.30. The van der Waals surface area contributed by atoms with Crippen molar-refractivity contribution in [2.75, 3.05) is 0 Å². The zero-order valence-electron chi connectivity index (χ0n) is 17.3. The van der Waals surface area contributed by atoms with Gasteiger partial charge in [-0.15, -0.1) is 0 Å². The molecule has 2 heterocycles. The van der Waals surface area contributed by atoms with Crippen molar-refractivity contribution in [2.24, 2.45) is 0 Å². The van der Waals surface area contributed by atoms with Crippen LogP contribution < -0.4 is 5.32 Å². The Bertz CT molecular complexity index is 820. The first-order valence-corrected chi connectivity index (χ1v) is 10.9. The summed E-state index contributed by atoms with van der Waals surface area (Å²) in [5, 5.41) is 11.0. The zero-order valence-corrected chi connectivity index (χ0v) is 17.3. The van der Waals surface area contributed by atoms with Gasteiger partial charge in [0.25, 0.3) is 5.91 Å². The molecule has 2 aliphatic heterocycles. The largest absolute Gasteiger partial charge is 0.481 e. The summed E-state index contributed by atoms with van der Waals surface area (Å²) in [4.78, 5) is 48.5. The summed E-state index contributed by atoms with van der Waals surface area (Å²) in [7, 11) is 0. The van der Waals surface area contributed by atoms with E-state index in [1.807, 2.05) is 12.1 Å². The molecule has 30 heavy (non-hydrogen) atoms. The molecule has 1 saturated heterocycles. The van der Waals surface area contributed by atoms with Crippen LogP contribution in [0.15, 0.2) is 18.2 Å². The van der Waals surface area contributed by atoms with Crippen LogP contribution in [-0.2, 0) is 27.3 Å². The van der Waals surface area contributed by atoms with E-state index in [1.165, 1.54) is 0 Å². The van der Waals surface area contributed by atoms with Crippen molar-refractivity contribution in [1.82, 2.24) is 10.2 Å². The number of carboxylic acids is 1. The highest BCUT2D eigenvalue weighted by Gasteiger charge is 2.39. The molecular formula is C23H30N2O5. The summed E-state index contributed by atoms with van der Waals surface area (Å²) in [6, 6.07) is 5.22. The number of aryl methyl sites for hydroxylation is 1. The van der Waals surface area contributed by atoms with Crippen LogP contribution in [0.2, 0.25) is 0 Å². The number of hydrogen-bond donors (Lipinski definition) is 2. The molecule has 3 rings (SSSR count). The third-order valence-corrected chi connectivity index (χ3v) is 6.02. The average molecular weight is 415 g/mol. The number of carbonyl (C=O) groups excluding carboxylic acids is 3. The van der Waals surface area contributed by atoms with Crippen LogP contribution in [0.1, 0.15) is 85.7 Å². The van der Waals surface area contributed by atoms with Gasteiger partial charge in [0, 0.05) is 24.9 Å². The van der Waals surface area contributed by atoms with Crippen molar-refractivity contribution < 1.29 is 24.3 Å². The Hall–Kier alpha value is -2.70. The van der Waals surface area contributed by atoms with Crippen LogP contribution in [0.3, 0.4) is 0 Å². The molecule has 0 aromatic heterocycles. The molecule has 1 aromatic rings. The SMILES string of the molecule is O=C(O)CCCCCCCCCc1cccc2c1CN(C1CCC(=O)NC1=O)C2=O. The second-order valence-electron chi connectivity index (χ2n) is 8.21. The number of benzene rings is 1. The van der Waals surface area contributed by atoms with Gasteiger partial charge in [-0.2, -0.15) is 0 Å². The van der Waals surface area contributed by atoms with Crippen molar-refractivity contribution in [3.05, 3.63) is 34.9 Å². The lowest BCUT2D eigenvalue weighted by atomic mass is 9.98. The van der Waals surface area contributed by atoms with Crippen LogP contribution in [0.5, 0.6) is 0 Å². The number of fused-ring (bicyclic) bond motifs is 1. The van der Waals surface area contributed by atoms with Gasteiger partial charge in [0.05, 0.1) is 0 Å². The van der Waals surface area contributed by atoms with E-state index in [1.54, 1.807) is 4.90 Å². The second-order valence-corrected chi connectivity index (χ2v) is 8.21. The van der Waals surface area contributed by atoms with Gasteiger partial charge in [-0.25, -0.2) is 0 Å². The van der Waals surface area contributed by atoms with E-state index in [4.69, 9.17) is 5.11 Å². The fourth-order valence-electron chi connectivity index (χ4n) is 4.36. The molecule has 7 heteroatoms. The molecule has 1 atom stereocenters. The van der Waals surface area contributed by atoms with Gasteiger partial charge in [0.2, 0.25) is 11.8 Å². The second kappa shape index (κ2) is 10.4. The molecule has 3 amide bonds. The normalized spacial score (nSPS) is 18.5. The van der Waals surface area contributed by atoms with Crippen molar-refractivity contribution >= 4 is 23.7 Å². The lowest BCUT2D eigenvalue weighted by Crippen LogP contribution is -2.52. The van der Waals surface area contributed by atoms with Crippen molar-refractivity contribution in [1.29, 1.82) is 0 Å². The maximum atomic E-state index is 12.8. The quantitative estimate of drug-likeness (QED) is 0.427. The maximum Gasteiger partial charge on any atom is 0.303 e. The van der Waals surface area contributed by atoms with Crippen LogP contribution in [-0.4, -0.2) is 39.7 Å². The van der Waals surface area contributed by atoms with E-state index < -0.39 is 12.0 Å². The molecule has 0 radical (unpaired) electrons. The highest BCUT2D eigenvalue weighted by molar-refractivity contribution is 6.05. The molecule has 0 aliphatic carbocycles. The first kappa shape index (κ1) is 22.0. The predicted molar refractivity (Wildman–Crippen MR) is 111 cm³/mol. The monoisotopic (exact) mass is 414 g/mol. The topological polar surface area (TPSA) is 104 Å². The lowest BCUT2D eigenvalue weighted by molar-refractivity contribution is -0.138. The van der Waals surface area contributed by atoms with Gasteiger partial charge in [-0.05, 0) is 42.9 Å². The molecule has 1 fully saturated rings. The molecule has 1 aromatic carbocycles. The molecule has 162 valence electrons. The van der Waals surface area contributed by atoms with Gasteiger partial charge < -0.3 is 10.0 Å². The molecule has 1 unspecified atom stereocenters. The fourth-order valence-corrected chi connectivity index (χ4v) is 4.36. The number of nitrogens with one attached hydrogen (secondary N) is 1. The minimum atomic E-state index is -0.722. The first-order chi connectivity index (χ1) is 14.5. The number of hydrogen-bond acceptors (Lipinski definition) is 4. The van der Waals surface area contributed by atoms with Gasteiger partial charge in [0.15, 0.2) is 0 Å². The van der Waals surface area contributed by atoms with Crippen LogP contribution in [0, 0.1) is 0 Å². The number of rotatable bonds is 11. The summed E-state index contributed by atoms with van der Waals surface area (Å²) >= 11 is 0. The Morgan fingerprint density at radius 2 is 1.73 bits per heavy atom. The number of carbonyl (C=O) groups is 4. The summed E-state index contributed by atoms with van der Waals surface area (Å²) in [5.41, 5.74) is 2.86. The number of piperidine rings is 1. The van der Waals surface area contributed by atoms with E-state index in [9.17, 15) is 19.2 Å². The number of carboxylic acid groups (broad SMARTS) is 1. The lowest BCUT2D eigenvalue weighted by Gasteiger charge is -2.29. The molecule has 0 spiro atoms. The number of amides is 3. The Balaban J connectivity index is 1.46. The van der Waals surface area contributed by atoms with Gasteiger partial charge >= 0.3 is 5.97 Å². The third-order valence-electron chi connectivity index (χ3n) is 6.02. The van der Waals surface area contributed by atoms with E-state index >= 15 is 0 Å². The predicted octanol–water partition coefficient (Wildman–Crippen LogP) is 3.20. The summed E-state index contributed by atoms with van der Waals surface area (Å²) in [6.45, 7) is 0.431. The Morgan fingerprint density at radius 1 is 1.03 bits per heavy atom. The van der Waals surface area contributed by atoms with Crippen LogP contribution in [0.25, 0.3) is 0 Å². The summed E-state index contributed by atoms with van der Waals surface area (Å²) in [5.74, 6) is -1.50. The van der Waals surface area contributed by atoms with E-state index in [0.717, 1.165) is 62.5 Å². The summed E-state index contributed by atoms with van der Waals surface area (Å²) in [6.07, 6.45) is 8.99. The first-order valence-electron chi connectivity index (χ1n) is 10.9. The Morgan fingerprint density at radius 3 is 2.43 bits per heavy atom. The molecule has 0 bridgehead atoms. The number of unbranched alkanes of at least 4 members (excludes halogenated alkanes) is 6. The highest BCUT2D eigenvalue weighted by atomic mass is 16.4. The number of imide groups is 1. The third kappa shape index (κ3) is 5.46. The van der Waals surface area contributed by atoms with Gasteiger partial charge in [0.1, 0.15) is 6.04 Å².